The van der Waals surface area contributed by atoms with Gasteiger partial charge in [-0.25, -0.2) is 9.97 Å². The van der Waals surface area contributed by atoms with Gasteiger partial charge in [0.15, 0.2) is 10.9 Å². The lowest BCUT2D eigenvalue weighted by Gasteiger charge is -2.08. The van der Waals surface area contributed by atoms with Crippen LogP contribution in [-0.4, -0.2) is 20.8 Å². The van der Waals surface area contributed by atoms with E-state index in [1.165, 1.54) is 23.5 Å². The molecular formula is C24H16N4O4S. The second-order valence-electron chi connectivity index (χ2n) is 7.28. The molecule has 0 saturated carbocycles. The molecule has 0 unspecified atom stereocenters. The monoisotopic (exact) mass is 456 g/mol. The van der Waals surface area contributed by atoms with Gasteiger partial charge < -0.3 is 4.42 Å². The van der Waals surface area contributed by atoms with Crippen molar-refractivity contribution < 1.29 is 14.1 Å². The fourth-order valence-electron chi connectivity index (χ4n) is 3.44. The van der Waals surface area contributed by atoms with Gasteiger partial charge in [-0.15, -0.1) is 11.3 Å². The van der Waals surface area contributed by atoms with Crippen LogP contribution in [0, 0.1) is 17.0 Å². The number of para-hydroxylation sites is 1. The Morgan fingerprint density at radius 1 is 1.03 bits per heavy atom. The zero-order chi connectivity index (χ0) is 22.9. The van der Waals surface area contributed by atoms with Crippen LogP contribution in [0.2, 0.25) is 0 Å². The van der Waals surface area contributed by atoms with Gasteiger partial charge in [0.1, 0.15) is 11.5 Å². The molecule has 0 atom stereocenters. The molecule has 0 spiro atoms. The van der Waals surface area contributed by atoms with Crippen molar-refractivity contribution >= 4 is 39.0 Å². The van der Waals surface area contributed by atoms with Crippen molar-refractivity contribution in [2.75, 3.05) is 5.32 Å². The minimum absolute atomic E-state index is 0.00891. The van der Waals surface area contributed by atoms with Crippen LogP contribution in [0.1, 0.15) is 16.1 Å². The molecule has 33 heavy (non-hydrogen) atoms. The molecule has 9 heteroatoms. The summed E-state index contributed by atoms with van der Waals surface area (Å²) in [6.45, 7) is 1.85. The van der Waals surface area contributed by atoms with E-state index in [-0.39, 0.29) is 11.6 Å². The minimum Gasteiger partial charge on any atom is -0.460 e. The lowest BCUT2D eigenvalue weighted by Crippen LogP contribution is -2.13. The summed E-state index contributed by atoms with van der Waals surface area (Å²) in [5, 5.41) is 16.6. The van der Waals surface area contributed by atoms with E-state index in [0.29, 0.717) is 38.7 Å². The standard InChI is InChI=1S/C24H16N4O4S/c1-14-6-11-22(32-14)20-12-18(17-4-2-3-5-19(17)25-20)23(29)27-24-26-21(13-33-24)15-7-9-16(10-8-15)28(30)31/h2-13H,1H3,(H,26,27,29). The molecule has 5 rings (SSSR count). The van der Waals surface area contributed by atoms with Crippen molar-refractivity contribution in [3.8, 4) is 22.7 Å². The maximum Gasteiger partial charge on any atom is 0.269 e. The number of hydrogen-bond acceptors (Lipinski definition) is 7. The second kappa shape index (κ2) is 8.29. The zero-order valence-electron chi connectivity index (χ0n) is 17.3. The first kappa shape index (κ1) is 20.5. The Morgan fingerprint density at radius 2 is 1.82 bits per heavy atom. The third-order valence-electron chi connectivity index (χ3n) is 5.05. The van der Waals surface area contributed by atoms with Crippen molar-refractivity contribution in [3.63, 3.8) is 0 Å². The number of nitrogens with zero attached hydrogens (tertiary/aromatic N) is 3. The molecule has 0 aliphatic heterocycles. The number of pyridine rings is 1. The number of nitro benzene ring substituents is 1. The van der Waals surface area contributed by atoms with E-state index in [9.17, 15) is 14.9 Å². The number of amides is 1. The molecule has 1 N–H and O–H groups in total. The predicted molar refractivity (Wildman–Crippen MR) is 126 cm³/mol. The first-order valence-corrected chi connectivity index (χ1v) is 10.8. The number of aromatic nitrogens is 2. The Hall–Kier alpha value is -4.37. The molecule has 2 aromatic carbocycles. The number of furan rings is 1. The molecule has 3 heterocycles. The Morgan fingerprint density at radius 3 is 2.55 bits per heavy atom. The smallest absolute Gasteiger partial charge is 0.269 e. The Kier molecular flexibility index (Phi) is 5.15. The maximum absolute atomic E-state index is 13.2. The van der Waals surface area contributed by atoms with Crippen LogP contribution in [0.25, 0.3) is 33.6 Å². The lowest BCUT2D eigenvalue weighted by molar-refractivity contribution is -0.384. The average Bonchev–Trinajstić information content (AvgIpc) is 3.47. The van der Waals surface area contributed by atoms with Gasteiger partial charge in [0.2, 0.25) is 0 Å². The quantitative estimate of drug-likeness (QED) is 0.253. The van der Waals surface area contributed by atoms with Crippen LogP contribution in [0.15, 0.2) is 76.5 Å². The van der Waals surface area contributed by atoms with Crippen molar-refractivity contribution in [2.24, 2.45) is 0 Å². The topological polar surface area (TPSA) is 111 Å². The number of hydrogen-bond donors (Lipinski definition) is 1. The molecule has 0 aliphatic rings. The summed E-state index contributed by atoms with van der Waals surface area (Å²) in [6.07, 6.45) is 0. The summed E-state index contributed by atoms with van der Waals surface area (Å²) in [4.78, 5) is 32.7. The second-order valence-corrected chi connectivity index (χ2v) is 8.14. The molecule has 3 aromatic heterocycles. The number of aryl methyl sites for hydroxylation is 1. The SMILES string of the molecule is Cc1ccc(-c2cc(C(=O)Nc3nc(-c4ccc([N+](=O)[O-])cc4)cs3)c3ccccc3n2)o1. The molecule has 0 fully saturated rings. The number of carbonyl (C=O) groups excluding carboxylic acids is 1. The van der Waals surface area contributed by atoms with Crippen molar-refractivity contribution in [2.45, 2.75) is 6.92 Å². The van der Waals surface area contributed by atoms with Crippen LogP contribution in [0.4, 0.5) is 10.8 Å². The van der Waals surface area contributed by atoms with Crippen molar-refractivity contribution in [1.29, 1.82) is 0 Å². The number of nitrogens with one attached hydrogen (secondary N) is 1. The molecule has 0 saturated heterocycles. The summed E-state index contributed by atoms with van der Waals surface area (Å²) in [5.74, 6) is 1.03. The van der Waals surface area contributed by atoms with E-state index >= 15 is 0 Å². The Balaban J connectivity index is 1.45. The Labute approximate surface area is 191 Å². The van der Waals surface area contributed by atoms with Crippen LogP contribution >= 0.6 is 11.3 Å². The van der Waals surface area contributed by atoms with Gasteiger partial charge in [-0.05, 0) is 43.3 Å². The number of anilines is 1. The van der Waals surface area contributed by atoms with Crippen molar-refractivity contribution in [1.82, 2.24) is 9.97 Å². The largest absolute Gasteiger partial charge is 0.460 e. The van der Waals surface area contributed by atoms with E-state index < -0.39 is 4.92 Å². The number of fused-ring (bicyclic) bond motifs is 1. The summed E-state index contributed by atoms with van der Waals surface area (Å²) in [7, 11) is 0. The highest BCUT2D eigenvalue weighted by Gasteiger charge is 2.17. The highest BCUT2D eigenvalue weighted by Crippen LogP contribution is 2.29. The third-order valence-corrected chi connectivity index (χ3v) is 5.81. The number of rotatable bonds is 5. The van der Waals surface area contributed by atoms with Gasteiger partial charge in [-0.2, -0.15) is 0 Å². The summed E-state index contributed by atoms with van der Waals surface area (Å²) in [5.41, 5.74) is 3.06. The first-order valence-electron chi connectivity index (χ1n) is 9.96. The highest BCUT2D eigenvalue weighted by molar-refractivity contribution is 7.14. The van der Waals surface area contributed by atoms with Gasteiger partial charge in [-0.3, -0.25) is 20.2 Å². The number of non-ortho nitro benzene ring substituents is 1. The normalized spacial score (nSPS) is 10.9. The number of thiazole rings is 1. The first-order chi connectivity index (χ1) is 16.0. The van der Waals surface area contributed by atoms with Gasteiger partial charge in [0.05, 0.1) is 21.7 Å². The van der Waals surface area contributed by atoms with E-state index in [4.69, 9.17) is 4.42 Å². The molecule has 0 bridgehead atoms. The van der Waals surface area contributed by atoms with Crippen molar-refractivity contribution in [3.05, 3.63) is 93.5 Å². The fraction of sp³-hybridized carbons (Fsp3) is 0.0417. The molecule has 0 radical (unpaired) electrons. The summed E-state index contributed by atoms with van der Waals surface area (Å²) >= 11 is 1.28. The van der Waals surface area contributed by atoms with Gasteiger partial charge in [-0.1, -0.05) is 18.2 Å². The summed E-state index contributed by atoms with van der Waals surface area (Å²) in [6, 6.07) is 18.9. The predicted octanol–water partition coefficient (Wildman–Crippen LogP) is 6.09. The summed E-state index contributed by atoms with van der Waals surface area (Å²) < 4.78 is 5.70. The van der Waals surface area contributed by atoms with Gasteiger partial charge in [0, 0.05) is 28.5 Å². The Bertz CT molecular complexity index is 1500. The maximum atomic E-state index is 13.2. The van der Waals surface area contributed by atoms with Crippen LogP contribution < -0.4 is 5.32 Å². The van der Waals surface area contributed by atoms with Crippen LogP contribution in [-0.2, 0) is 0 Å². The van der Waals surface area contributed by atoms with Crippen LogP contribution in [0.5, 0.6) is 0 Å². The highest BCUT2D eigenvalue weighted by atomic mass is 32.1. The number of benzene rings is 2. The molecule has 162 valence electrons. The molecular weight excluding hydrogens is 440 g/mol. The van der Waals surface area contributed by atoms with E-state index in [1.807, 2.05) is 43.3 Å². The van der Waals surface area contributed by atoms with E-state index in [1.54, 1.807) is 23.6 Å². The number of nitro groups is 1. The van der Waals surface area contributed by atoms with E-state index in [2.05, 4.69) is 15.3 Å². The zero-order valence-corrected chi connectivity index (χ0v) is 18.1. The van der Waals surface area contributed by atoms with E-state index in [0.717, 1.165) is 11.3 Å². The third kappa shape index (κ3) is 4.09. The number of carbonyl (C=O) groups is 1. The van der Waals surface area contributed by atoms with Crippen LogP contribution in [0.3, 0.4) is 0 Å². The molecule has 8 nitrogen and oxygen atoms in total. The minimum atomic E-state index is -0.451. The van der Waals surface area contributed by atoms with Gasteiger partial charge >= 0.3 is 0 Å². The average molecular weight is 456 g/mol. The fourth-order valence-corrected chi connectivity index (χ4v) is 4.16. The molecule has 1 amide bonds. The molecule has 5 aromatic rings. The van der Waals surface area contributed by atoms with Gasteiger partial charge in [0.25, 0.3) is 11.6 Å². The lowest BCUT2D eigenvalue weighted by atomic mass is 10.1. The molecule has 0 aliphatic carbocycles.